The summed E-state index contributed by atoms with van der Waals surface area (Å²) in [6, 6.07) is 16.2. The summed E-state index contributed by atoms with van der Waals surface area (Å²) in [5.74, 6) is -0.424. The first kappa shape index (κ1) is 14.4. The molecule has 0 aliphatic carbocycles. The summed E-state index contributed by atoms with van der Waals surface area (Å²) in [5.41, 5.74) is 1.19. The summed E-state index contributed by atoms with van der Waals surface area (Å²) >= 11 is 6.04. The number of nitrogens with one attached hydrogen (secondary N) is 2. The van der Waals surface area contributed by atoms with Crippen LogP contribution >= 0.6 is 11.6 Å². The molecule has 0 spiro atoms. The summed E-state index contributed by atoms with van der Waals surface area (Å²) in [7, 11) is 0. The lowest BCUT2D eigenvalue weighted by atomic mass is 10.1. The fraction of sp³-hybridized carbons (Fsp3) is 0.0588. The van der Waals surface area contributed by atoms with Gasteiger partial charge in [-0.2, -0.15) is 0 Å². The Hall–Kier alpha value is -2.59. The second-order valence-electron chi connectivity index (χ2n) is 4.87. The van der Waals surface area contributed by atoms with Crippen LogP contribution in [0.25, 0.3) is 10.9 Å². The monoisotopic (exact) mass is 312 g/mol. The predicted octanol–water partition coefficient (Wildman–Crippen LogP) is 3.11. The third kappa shape index (κ3) is 2.87. The molecule has 1 heterocycles. The van der Waals surface area contributed by atoms with Crippen molar-refractivity contribution in [2.45, 2.75) is 6.54 Å². The Balaban J connectivity index is 1.85. The highest BCUT2D eigenvalue weighted by Crippen LogP contribution is 2.15. The predicted molar refractivity (Wildman–Crippen MR) is 87.2 cm³/mol. The molecule has 2 N–H and O–H groups in total. The molecule has 0 atom stereocenters. The van der Waals surface area contributed by atoms with E-state index in [0.29, 0.717) is 10.5 Å². The van der Waals surface area contributed by atoms with Crippen LogP contribution in [0.1, 0.15) is 15.9 Å². The minimum Gasteiger partial charge on any atom is -0.348 e. The molecule has 110 valence electrons. The van der Waals surface area contributed by atoms with Crippen molar-refractivity contribution in [1.29, 1.82) is 0 Å². The fourth-order valence-electron chi connectivity index (χ4n) is 2.23. The Morgan fingerprint density at radius 2 is 1.82 bits per heavy atom. The van der Waals surface area contributed by atoms with Gasteiger partial charge in [0.2, 0.25) is 0 Å². The van der Waals surface area contributed by atoms with Crippen LogP contribution in [0.3, 0.4) is 0 Å². The van der Waals surface area contributed by atoms with E-state index < -0.39 is 11.5 Å². The van der Waals surface area contributed by atoms with E-state index in [0.717, 1.165) is 10.9 Å². The van der Waals surface area contributed by atoms with E-state index in [1.165, 1.54) is 0 Å². The summed E-state index contributed by atoms with van der Waals surface area (Å²) in [6.07, 6.45) is 0. The van der Waals surface area contributed by atoms with E-state index >= 15 is 0 Å². The topological polar surface area (TPSA) is 62.0 Å². The maximum absolute atomic E-state index is 12.2. The third-order valence-electron chi connectivity index (χ3n) is 3.40. The Labute approximate surface area is 131 Å². The van der Waals surface area contributed by atoms with Crippen molar-refractivity contribution in [3.63, 3.8) is 0 Å². The van der Waals surface area contributed by atoms with Crippen molar-refractivity contribution in [2.24, 2.45) is 0 Å². The molecule has 4 nitrogen and oxygen atoms in total. The average molecular weight is 313 g/mol. The number of amides is 1. The summed E-state index contributed by atoms with van der Waals surface area (Å²) in [6.45, 7) is 0.269. The van der Waals surface area contributed by atoms with Crippen molar-refractivity contribution in [3.05, 3.63) is 81.1 Å². The number of aromatic amines is 1. The summed E-state index contributed by atoms with van der Waals surface area (Å²) in [5, 5.41) is 4.11. The van der Waals surface area contributed by atoms with Crippen LogP contribution < -0.4 is 10.9 Å². The third-order valence-corrected chi connectivity index (χ3v) is 3.76. The molecule has 5 heteroatoms. The zero-order chi connectivity index (χ0) is 15.5. The van der Waals surface area contributed by atoms with Gasteiger partial charge in [-0.15, -0.1) is 0 Å². The normalized spacial score (nSPS) is 10.6. The van der Waals surface area contributed by atoms with E-state index in [9.17, 15) is 9.59 Å². The quantitative estimate of drug-likeness (QED) is 0.780. The molecule has 1 aromatic heterocycles. The lowest BCUT2D eigenvalue weighted by molar-refractivity contribution is 0.0949. The van der Waals surface area contributed by atoms with Crippen LogP contribution in [0.5, 0.6) is 0 Å². The van der Waals surface area contributed by atoms with Crippen molar-refractivity contribution < 1.29 is 4.79 Å². The number of pyridine rings is 1. The van der Waals surface area contributed by atoms with Gasteiger partial charge >= 0.3 is 0 Å². The van der Waals surface area contributed by atoms with Crippen molar-refractivity contribution in [1.82, 2.24) is 10.3 Å². The molecule has 1 amide bonds. The number of aromatic nitrogens is 1. The first-order valence-electron chi connectivity index (χ1n) is 6.79. The van der Waals surface area contributed by atoms with Crippen LogP contribution in [0, 0.1) is 0 Å². The molecule has 3 rings (SSSR count). The second kappa shape index (κ2) is 6.03. The molecule has 0 saturated heterocycles. The molecule has 0 bridgehead atoms. The van der Waals surface area contributed by atoms with Gasteiger partial charge in [-0.3, -0.25) is 9.59 Å². The van der Waals surface area contributed by atoms with Gasteiger partial charge < -0.3 is 10.3 Å². The number of H-pyrrole nitrogens is 1. The van der Waals surface area contributed by atoms with Crippen LogP contribution in [0.2, 0.25) is 5.02 Å². The molecule has 0 radical (unpaired) electrons. The number of carbonyl (C=O) groups excluding carboxylic acids is 1. The Kier molecular flexibility index (Phi) is 3.94. The van der Waals surface area contributed by atoms with Gasteiger partial charge in [-0.05, 0) is 29.1 Å². The Morgan fingerprint density at radius 1 is 1.09 bits per heavy atom. The number of hydrogen-bond acceptors (Lipinski definition) is 2. The molecule has 0 aliphatic heterocycles. The molecule has 0 fully saturated rings. The number of halogens is 1. The van der Waals surface area contributed by atoms with Gasteiger partial charge in [0.25, 0.3) is 11.5 Å². The minimum atomic E-state index is -0.424. The van der Waals surface area contributed by atoms with Gasteiger partial charge in [0.15, 0.2) is 0 Å². The van der Waals surface area contributed by atoms with Gasteiger partial charge in [0, 0.05) is 17.1 Å². The molecule has 0 unspecified atom stereocenters. The van der Waals surface area contributed by atoms with Gasteiger partial charge in [-0.25, -0.2) is 0 Å². The molecular formula is C17H13ClN2O2. The van der Waals surface area contributed by atoms with E-state index in [1.54, 1.807) is 18.2 Å². The lowest BCUT2D eigenvalue weighted by Gasteiger charge is -2.07. The Morgan fingerprint density at radius 3 is 2.64 bits per heavy atom. The van der Waals surface area contributed by atoms with E-state index in [1.807, 2.05) is 36.4 Å². The lowest BCUT2D eigenvalue weighted by Crippen LogP contribution is -2.29. The van der Waals surface area contributed by atoms with Crippen molar-refractivity contribution in [2.75, 3.05) is 0 Å². The van der Waals surface area contributed by atoms with E-state index in [4.69, 9.17) is 11.6 Å². The molecule has 2 aromatic carbocycles. The number of rotatable bonds is 3. The molecule has 3 aromatic rings. The first-order valence-corrected chi connectivity index (χ1v) is 7.16. The number of carbonyl (C=O) groups is 1. The molecule has 22 heavy (non-hydrogen) atoms. The van der Waals surface area contributed by atoms with Crippen LogP contribution in [-0.4, -0.2) is 10.9 Å². The maximum Gasteiger partial charge on any atom is 0.261 e. The number of para-hydroxylation sites is 1. The highest BCUT2D eigenvalue weighted by Gasteiger charge is 2.12. The zero-order valence-electron chi connectivity index (χ0n) is 11.6. The number of hydrogen-bond donors (Lipinski definition) is 2. The average Bonchev–Trinajstić information content (AvgIpc) is 2.53. The van der Waals surface area contributed by atoms with Crippen molar-refractivity contribution >= 4 is 28.4 Å². The maximum atomic E-state index is 12.2. The highest BCUT2D eigenvalue weighted by atomic mass is 35.5. The zero-order valence-corrected chi connectivity index (χ0v) is 12.4. The minimum absolute atomic E-state index is 0.0887. The summed E-state index contributed by atoms with van der Waals surface area (Å²) < 4.78 is 0. The number of benzene rings is 2. The van der Waals surface area contributed by atoms with Crippen LogP contribution in [-0.2, 0) is 6.54 Å². The fourth-order valence-corrected chi connectivity index (χ4v) is 2.43. The van der Waals surface area contributed by atoms with Gasteiger partial charge in [-0.1, -0.05) is 48.0 Å². The van der Waals surface area contributed by atoms with Gasteiger partial charge in [0.1, 0.15) is 5.56 Å². The molecule has 0 aliphatic rings. The van der Waals surface area contributed by atoms with Gasteiger partial charge in [0.05, 0.1) is 0 Å². The summed E-state index contributed by atoms with van der Waals surface area (Å²) in [4.78, 5) is 26.9. The Bertz CT molecular complexity index is 902. The molecule has 0 saturated carbocycles. The second-order valence-corrected chi connectivity index (χ2v) is 5.28. The molecular weight excluding hydrogens is 300 g/mol. The standard InChI is InChI=1S/C17H13ClN2O2/c18-14-7-3-1-6-12(14)10-19-16(21)13-9-11-5-2-4-8-15(11)20-17(13)22/h1-9H,10H2,(H,19,21)(H,20,22). The smallest absolute Gasteiger partial charge is 0.261 e. The van der Waals surface area contributed by atoms with Crippen LogP contribution in [0.15, 0.2) is 59.4 Å². The largest absolute Gasteiger partial charge is 0.348 e. The number of fused-ring (bicyclic) bond motifs is 1. The van der Waals surface area contributed by atoms with E-state index in [-0.39, 0.29) is 12.1 Å². The SMILES string of the molecule is O=C(NCc1ccccc1Cl)c1cc2ccccc2[nH]c1=O. The van der Waals surface area contributed by atoms with Crippen molar-refractivity contribution in [3.8, 4) is 0 Å². The first-order chi connectivity index (χ1) is 10.6. The van der Waals surface area contributed by atoms with E-state index in [2.05, 4.69) is 10.3 Å². The van der Waals surface area contributed by atoms with Crippen LogP contribution in [0.4, 0.5) is 0 Å². The highest BCUT2D eigenvalue weighted by molar-refractivity contribution is 6.31.